The molecule has 0 aliphatic carbocycles. The molecule has 0 bridgehead atoms. The molecule has 3 N–H and O–H groups in total. The molecule has 0 aliphatic rings. The molecule has 0 radical (unpaired) electrons. The van der Waals surface area contributed by atoms with Gasteiger partial charge in [0.05, 0.1) is 0 Å². The van der Waals surface area contributed by atoms with Crippen molar-refractivity contribution in [2.45, 2.75) is 13.8 Å². The summed E-state index contributed by atoms with van der Waals surface area (Å²) in [5.41, 5.74) is 7.00. The minimum atomic E-state index is 0. The minimum absolute atomic E-state index is 0. The van der Waals surface area contributed by atoms with Crippen LogP contribution in [0.2, 0.25) is 0 Å². The van der Waals surface area contributed by atoms with Crippen molar-refractivity contribution in [3.05, 3.63) is 29.8 Å². The van der Waals surface area contributed by atoms with Crippen LogP contribution in [0.4, 0.5) is 5.69 Å². The highest BCUT2D eigenvalue weighted by Gasteiger charge is 2.00. The Balaban J connectivity index is 0.00000169. The lowest BCUT2D eigenvalue weighted by molar-refractivity contribution is -0.355. The number of carbonyl (C=O) groups excluding carboxylic acids is 1. The molecule has 0 fully saturated rings. The third-order valence-electron chi connectivity index (χ3n) is 1.61. The molecule has 0 aliphatic heterocycles. The molecule has 0 saturated heterocycles. The standard InChI is InChI=1S/C10H12N2O.ClH/c1-7(13)9-4-3-5-10(6-9)12-8(2)11;/h3-6H,1-2H3,(H2,11,12);1H. The maximum Gasteiger partial charge on any atom is 0.242 e. The highest BCUT2D eigenvalue weighted by atomic mass is 35.5. The van der Waals surface area contributed by atoms with Crippen LogP contribution < -0.4 is 23.1 Å². The third kappa shape index (κ3) is 3.58. The molecule has 1 aromatic carbocycles. The first kappa shape index (κ1) is 12.7. The second-order valence-corrected chi connectivity index (χ2v) is 2.95. The summed E-state index contributed by atoms with van der Waals surface area (Å²) in [6.45, 7) is 3.30. The zero-order chi connectivity index (χ0) is 9.84. The van der Waals surface area contributed by atoms with Crippen LogP contribution in [0, 0.1) is 0 Å². The summed E-state index contributed by atoms with van der Waals surface area (Å²) in [6, 6.07) is 7.24. The minimum Gasteiger partial charge on any atom is -1.00 e. The first-order valence-corrected chi connectivity index (χ1v) is 4.06. The molecule has 1 rings (SSSR count). The molecule has 0 atom stereocenters. The van der Waals surface area contributed by atoms with Crippen LogP contribution in [0.1, 0.15) is 24.2 Å². The number of halogens is 1. The first-order chi connectivity index (χ1) is 6.09. The summed E-state index contributed by atoms with van der Waals surface area (Å²) >= 11 is 0. The van der Waals surface area contributed by atoms with Crippen LogP contribution in [-0.4, -0.2) is 11.6 Å². The normalized spacial score (nSPS) is 10.6. The van der Waals surface area contributed by atoms with E-state index >= 15 is 0 Å². The number of nitrogens with one attached hydrogen (secondary N) is 1. The molecule has 14 heavy (non-hydrogen) atoms. The Morgan fingerprint density at radius 3 is 2.50 bits per heavy atom. The number of hydrogen-bond acceptors (Lipinski definition) is 1. The predicted molar refractivity (Wildman–Crippen MR) is 51.9 cm³/mol. The van der Waals surface area contributed by atoms with Crippen LogP contribution in [0.15, 0.2) is 24.3 Å². The third-order valence-corrected chi connectivity index (χ3v) is 1.61. The topological polar surface area (TPSA) is 57.1 Å². The van der Waals surface area contributed by atoms with E-state index in [1.807, 2.05) is 12.1 Å². The fourth-order valence-corrected chi connectivity index (χ4v) is 1.04. The number of benzene rings is 1. The number of amidine groups is 1. The maximum absolute atomic E-state index is 11.0. The summed E-state index contributed by atoms with van der Waals surface area (Å²) in [4.78, 5) is 14.0. The van der Waals surface area contributed by atoms with E-state index in [4.69, 9.17) is 5.73 Å². The Morgan fingerprint density at radius 2 is 2.00 bits per heavy atom. The van der Waals surface area contributed by atoms with Gasteiger partial charge in [0, 0.05) is 12.5 Å². The number of hydrogen-bond donors (Lipinski definition) is 2. The van der Waals surface area contributed by atoms with Gasteiger partial charge in [0.15, 0.2) is 5.78 Å². The van der Waals surface area contributed by atoms with E-state index in [1.165, 1.54) is 6.92 Å². The lowest BCUT2D eigenvalue weighted by Crippen LogP contribution is -3.00. The zero-order valence-corrected chi connectivity index (χ0v) is 8.93. The summed E-state index contributed by atoms with van der Waals surface area (Å²) in [5, 5.41) is 0. The van der Waals surface area contributed by atoms with Crippen LogP contribution >= 0.6 is 0 Å². The molecule has 0 amide bonds. The average Bonchev–Trinajstić information content (AvgIpc) is 2.03. The molecule has 0 unspecified atom stereocenters. The van der Waals surface area contributed by atoms with Crippen LogP contribution in [-0.2, 0) is 0 Å². The largest absolute Gasteiger partial charge is 1.00 e. The Bertz CT molecular complexity index is 357. The van der Waals surface area contributed by atoms with Crippen molar-refractivity contribution in [2.24, 2.45) is 5.73 Å². The van der Waals surface area contributed by atoms with Gasteiger partial charge in [-0.3, -0.25) is 10.5 Å². The van der Waals surface area contributed by atoms with Gasteiger partial charge in [0.2, 0.25) is 5.84 Å². The molecular formula is C10H13ClN2O. The van der Waals surface area contributed by atoms with Crippen molar-refractivity contribution in [3.63, 3.8) is 0 Å². The first-order valence-electron chi connectivity index (χ1n) is 4.06. The van der Waals surface area contributed by atoms with Crippen molar-refractivity contribution in [2.75, 3.05) is 0 Å². The van der Waals surface area contributed by atoms with Gasteiger partial charge in [-0.25, -0.2) is 4.99 Å². The van der Waals surface area contributed by atoms with E-state index in [0.717, 1.165) is 5.69 Å². The second-order valence-electron chi connectivity index (χ2n) is 2.95. The Labute approximate surface area is 89.4 Å². The smallest absolute Gasteiger partial charge is 0.242 e. The lowest BCUT2D eigenvalue weighted by atomic mass is 10.1. The fourth-order valence-electron chi connectivity index (χ4n) is 1.04. The summed E-state index contributed by atoms with van der Waals surface area (Å²) < 4.78 is 0. The molecule has 76 valence electrons. The molecular weight excluding hydrogens is 200 g/mol. The molecule has 0 saturated carbocycles. The van der Waals surface area contributed by atoms with E-state index < -0.39 is 0 Å². The zero-order valence-electron chi connectivity index (χ0n) is 8.17. The van der Waals surface area contributed by atoms with Gasteiger partial charge in [-0.2, -0.15) is 0 Å². The summed E-state index contributed by atoms with van der Waals surface area (Å²) in [7, 11) is 0. The molecule has 1 aromatic rings. The van der Waals surface area contributed by atoms with Gasteiger partial charge in [0.1, 0.15) is 5.69 Å². The van der Waals surface area contributed by atoms with Crippen molar-refractivity contribution < 1.29 is 22.2 Å². The molecule has 4 heteroatoms. The van der Waals surface area contributed by atoms with Crippen LogP contribution in [0.25, 0.3) is 0 Å². The van der Waals surface area contributed by atoms with E-state index in [-0.39, 0.29) is 18.2 Å². The fraction of sp³-hybridized carbons (Fsp3) is 0.200. The van der Waals surface area contributed by atoms with Crippen molar-refractivity contribution in [3.8, 4) is 0 Å². The molecule has 3 nitrogen and oxygen atoms in total. The average molecular weight is 213 g/mol. The van der Waals surface area contributed by atoms with Gasteiger partial charge in [-0.1, -0.05) is 12.1 Å². The lowest BCUT2D eigenvalue weighted by Gasteiger charge is -1.95. The summed E-state index contributed by atoms with van der Waals surface area (Å²) in [6.07, 6.45) is 0. The number of Topliss-reactive ketones (excluding diaryl/α,β-unsaturated/α-hetero) is 1. The predicted octanol–water partition coefficient (Wildman–Crippen LogP) is -3.02. The Morgan fingerprint density at radius 1 is 1.36 bits per heavy atom. The van der Waals surface area contributed by atoms with Crippen molar-refractivity contribution in [1.29, 1.82) is 0 Å². The number of ketones is 1. The highest BCUT2D eigenvalue weighted by molar-refractivity contribution is 5.94. The van der Waals surface area contributed by atoms with E-state index in [2.05, 4.69) is 4.99 Å². The van der Waals surface area contributed by atoms with Gasteiger partial charge in [-0.15, -0.1) is 0 Å². The van der Waals surface area contributed by atoms with Crippen molar-refractivity contribution in [1.82, 2.24) is 0 Å². The Kier molecular flexibility index (Phi) is 4.87. The van der Waals surface area contributed by atoms with Crippen LogP contribution in [0.5, 0.6) is 0 Å². The monoisotopic (exact) mass is 212 g/mol. The van der Waals surface area contributed by atoms with E-state index in [0.29, 0.717) is 11.4 Å². The Hall–Kier alpha value is -1.35. The van der Waals surface area contributed by atoms with Gasteiger partial charge in [-0.05, 0) is 19.1 Å². The van der Waals surface area contributed by atoms with E-state index in [9.17, 15) is 4.79 Å². The van der Waals surface area contributed by atoms with Gasteiger partial charge >= 0.3 is 0 Å². The second kappa shape index (κ2) is 5.40. The number of nitrogens with two attached hydrogens (primary N) is 1. The number of carbonyl (C=O) groups is 1. The van der Waals surface area contributed by atoms with Crippen molar-refractivity contribution >= 4 is 17.3 Å². The molecule has 0 heterocycles. The van der Waals surface area contributed by atoms with Gasteiger partial charge < -0.3 is 12.4 Å². The quantitative estimate of drug-likeness (QED) is 0.312. The maximum atomic E-state index is 11.0. The van der Waals surface area contributed by atoms with Gasteiger partial charge in [0.25, 0.3) is 0 Å². The van der Waals surface area contributed by atoms with E-state index in [1.54, 1.807) is 19.1 Å². The SMILES string of the molecule is CC(=O)c1cccc([NH+]=C(C)N)c1.[Cl-]. The highest BCUT2D eigenvalue weighted by Crippen LogP contribution is 2.05. The molecule has 0 aromatic heterocycles. The summed E-state index contributed by atoms with van der Waals surface area (Å²) in [5.74, 6) is 0.666. The van der Waals surface area contributed by atoms with Crippen LogP contribution in [0.3, 0.4) is 0 Å². The molecule has 0 spiro atoms. The number of rotatable bonds is 2.